The summed E-state index contributed by atoms with van der Waals surface area (Å²) in [5, 5.41) is 3.68. The van der Waals surface area contributed by atoms with Crippen LogP contribution < -0.4 is 10.1 Å². The normalized spacial score (nSPS) is 23.6. The van der Waals surface area contributed by atoms with Gasteiger partial charge in [0, 0.05) is 5.54 Å². The van der Waals surface area contributed by atoms with Gasteiger partial charge in [0.15, 0.2) is 0 Å². The van der Waals surface area contributed by atoms with E-state index < -0.39 is 0 Å². The molecule has 0 radical (unpaired) electrons. The van der Waals surface area contributed by atoms with Crippen LogP contribution in [0.5, 0.6) is 5.75 Å². The highest BCUT2D eigenvalue weighted by Crippen LogP contribution is 2.28. The van der Waals surface area contributed by atoms with Gasteiger partial charge in [-0.3, -0.25) is 0 Å². The van der Waals surface area contributed by atoms with Crippen molar-refractivity contribution in [2.24, 2.45) is 0 Å². The van der Waals surface area contributed by atoms with Gasteiger partial charge in [0.1, 0.15) is 5.75 Å². The Morgan fingerprint density at radius 3 is 2.50 bits per heavy atom. The molecule has 100 valence electrons. The van der Waals surface area contributed by atoms with Crippen LogP contribution in [0.25, 0.3) is 0 Å². The molecule has 2 nitrogen and oxygen atoms in total. The second-order valence-corrected chi connectivity index (χ2v) is 5.65. The van der Waals surface area contributed by atoms with Crippen LogP contribution in [0.3, 0.4) is 0 Å². The predicted octanol–water partition coefficient (Wildman–Crippen LogP) is 3.55. The average molecular weight is 247 g/mol. The Morgan fingerprint density at radius 1 is 1.28 bits per heavy atom. The summed E-state index contributed by atoms with van der Waals surface area (Å²) in [7, 11) is 0. The molecular weight excluding hydrogens is 222 g/mol. The molecular formula is C16H25NO. The van der Waals surface area contributed by atoms with Gasteiger partial charge in [-0.05, 0) is 63.8 Å². The number of hydrogen-bond acceptors (Lipinski definition) is 2. The maximum atomic E-state index is 5.68. The minimum absolute atomic E-state index is 0.245. The van der Waals surface area contributed by atoms with E-state index in [0.29, 0.717) is 5.54 Å². The highest BCUT2D eigenvalue weighted by Gasteiger charge is 2.31. The van der Waals surface area contributed by atoms with Gasteiger partial charge in [-0.1, -0.05) is 19.1 Å². The van der Waals surface area contributed by atoms with Crippen molar-refractivity contribution < 1.29 is 4.74 Å². The van der Waals surface area contributed by atoms with Gasteiger partial charge in [-0.15, -0.1) is 0 Å². The summed E-state index contributed by atoms with van der Waals surface area (Å²) < 4.78 is 5.68. The van der Waals surface area contributed by atoms with E-state index >= 15 is 0 Å². The van der Waals surface area contributed by atoms with Crippen LogP contribution in [0, 0.1) is 0 Å². The molecule has 2 rings (SSSR count). The lowest BCUT2D eigenvalue weighted by atomic mass is 9.87. The summed E-state index contributed by atoms with van der Waals surface area (Å²) >= 11 is 0. The lowest BCUT2D eigenvalue weighted by Crippen LogP contribution is -2.41. The predicted molar refractivity (Wildman–Crippen MR) is 76.2 cm³/mol. The van der Waals surface area contributed by atoms with Gasteiger partial charge in [0.05, 0.1) is 6.10 Å². The molecule has 1 aliphatic heterocycles. The summed E-state index contributed by atoms with van der Waals surface area (Å²) in [5.74, 6) is 0.971. The fourth-order valence-electron chi connectivity index (χ4n) is 2.80. The molecule has 0 spiro atoms. The summed E-state index contributed by atoms with van der Waals surface area (Å²) in [6.45, 7) is 7.57. The molecule has 0 aromatic heterocycles. The van der Waals surface area contributed by atoms with Crippen LogP contribution >= 0.6 is 0 Å². The first-order valence-electron chi connectivity index (χ1n) is 7.14. The minimum Gasteiger partial charge on any atom is -0.491 e. The molecule has 1 fully saturated rings. The zero-order valence-corrected chi connectivity index (χ0v) is 11.8. The van der Waals surface area contributed by atoms with Crippen molar-refractivity contribution in [3.63, 3.8) is 0 Å². The Morgan fingerprint density at radius 2 is 2.00 bits per heavy atom. The summed E-state index contributed by atoms with van der Waals surface area (Å²) in [6.07, 6.45) is 5.19. The number of hydrogen-bond donors (Lipinski definition) is 1. The van der Waals surface area contributed by atoms with Crippen molar-refractivity contribution >= 4 is 0 Å². The van der Waals surface area contributed by atoms with E-state index in [4.69, 9.17) is 4.74 Å². The molecule has 18 heavy (non-hydrogen) atoms. The van der Waals surface area contributed by atoms with Gasteiger partial charge >= 0.3 is 0 Å². The fourth-order valence-corrected chi connectivity index (χ4v) is 2.80. The topological polar surface area (TPSA) is 21.3 Å². The molecule has 1 aliphatic rings. The third-order valence-corrected chi connectivity index (χ3v) is 3.85. The average Bonchev–Trinajstić information content (AvgIpc) is 2.80. The molecule has 0 aliphatic carbocycles. The minimum atomic E-state index is 0.245. The van der Waals surface area contributed by atoms with E-state index in [-0.39, 0.29) is 6.10 Å². The Balaban J connectivity index is 2.01. The molecule has 0 amide bonds. The van der Waals surface area contributed by atoms with E-state index in [1.54, 1.807) is 0 Å². The van der Waals surface area contributed by atoms with Crippen LogP contribution in [-0.4, -0.2) is 18.2 Å². The Hall–Kier alpha value is -1.02. The maximum Gasteiger partial charge on any atom is 0.119 e. The van der Waals surface area contributed by atoms with Crippen LogP contribution in [0.2, 0.25) is 0 Å². The first-order valence-corrected chi connectivity index (χ1v) is 7.14. The van der Waals surface area contributed by atoms with Crippen molar-refractivity contribution in [1.82, 2.24) is 5.32 Å². The zero-order chi connectivity index (χ0) is 13.0. The summed E-state index contributed by atoms with van der Waals surface area (Å²) in [6, 6.07) is 8.59. The highest BCUT2D eigenvalue weighted by atomic mass is 16.5. The second kappa shape index (κ2) is 5.75. The molecule has 1 atom stereocenters. The van der Waals surface area contributed by atoms with E-state index in [1.807, 2.05) is 0 Å². The van der Waals surface area contributed by atoms with Gasteiger partial charge in [0.2, 0.25) is 0 Å². The van der Waals surface area contributed by atoms with E-state index in [9.17, 15) is 0 Å². The maximum absolute atomic E-state index is 5.68. The van der Waals surface area contributed by atoms with Crippen molar-refractivity contribution in [3.8, 4) is 5.75 Å². The lowest BCUT2D eigenvalue weighted by Gasteiger charge is -2.28. The molecule has 1 saturated heterocycles. The standard InChI is InChI=1S/C16H25NO/c1-4-16(10-5-11-17-16)12-14-6-8-15(9-7-14)18-13(2)3/h6-9,13,17H,4-5,10-12H2,1-3H3. The molecule has 1 aromatic rings. The van der Waals surface area contributed by atoms with Crippen molar-refractivity contribution in [3.05, 3.63) is 29.8 Å². The Bertz CT molecular complexity index is 363. The van der Waals surface area contributed by atoms with Gasteiger partial charge in [-0.25, -0.2) is 0 Å². The van der Waals surface area contributed by atoms with Crippen LogP contribution in [0.15, 0.2) is 24.3 Å². The molecule has 0 saturated carbocycles. The molecule has 0 bridgehead atoms. The van der Waals surface area contributed by atoms with Crippen LogP contribution in [0.1, 0.15) is 45.6 Å². The first-order chi connectivity index (χ1) is 8.63. The van der Waals surface area contributed by atoms with Crippen molar-refractivity contribution in [2.75, 3.05) is 6.54 Å². The Labute approximate surface area is 111 Å². The molecule has 1 aromatic carbocycles. The van der Waals surface area contributed by atoms with E-state index in [0.717, 1.165) is 12.2 Å². The fraction of sp³-hybridized carbons (Fsp3) is 0.625. The quantitative estimate of drug-likeness (QED) is 0.859. The SMILES string of the molecule is CCC1(Cc2ccc(OC(C)C)cc2)CCCN1. The number of nitrogens with one attached hydrogen (secondary N) is 1. The summed E-state index contributed by atoms with van der Waals surface area (Å²) in [5.41, 5.74) is 1.74. The molecule has 2 heteroatoms. The number of ether oxygens (including phenoxy) is 1. The smallest absolute Gasteiger partial charge is 0.119 e. The highest BCUT2D eigenvalue weighted by molar-refractivity contribution is 5.28. The molecule has 1 unspecified atom stereocenters. The number of rotatable bonds is 5. The summed E-state index contributed by atoms with van der Waals surface area (Å²) in [4.78, 5) is 0. The van der Waals surface area contributed by atoms with Crippen molar-refractivity contribution in [2.45, 2.75) is 58.1 Å². The number of benzene rings is 1. The van der Waals surface area contributed by atoms with Crippen molar-refractivity contribution in [1.29, 1.82) is 0 Å². The molecule has 1 heterocycles. The van der Waals surface area contributed by atoms with E-state index in [1.165, 1.54) is 31.4 Å². The monoisotopic (exact) mass is 247 g/mol. The van der Waals surface area contributed by atoms with Crippen LogP contribution in [-0.2, 0) is 6.42 Å². The van der Waals surface area contributed by atoms with Gasteiger partial charge in [0.25, 0.3) is 0 Å². The zero-order valence-electron chi connectivity index (χ0n) is 11.8. The largest absolute Gasteiger partial charge is 0.491 e. The first kappa shape index (κ1) is 13.4. The van der Waals surface area contributed by atoms with Gasteiger partial charge in [-0.2, -0.15) is 0 Å². The van der Waals surface area contributed by atoms with E-state index in [2.05, 4.69) is 50.4 Å². The van der Waals surface area contributed by atoms with Crippen LogP contribution in [0.4, 0.5) is 0 Å². The lowest BCUT2D eigenvalue weighted by molar-refractivity contribution is 0.242. The molecule has 1 N–H and O–H groups in total. The van der Waals surface area contributed by atoms with Gasteiger partial charge < -0.3 is 10.1 Å². The second-order valence-electron chi connectivity index (χ2n) is 5.65. The third-order valence-electron chi connectivity index (χ3n) is 3.85. The Kier molecular flexibility index (Phi) is 4.28. The third kappa shape index (κ3) is 3.26.